The third kappa shape index (κ3) is 3.75. The normalized spacial score (nSPS) is 14.7. The highest BCUT2D eigenvalue weighted by Crippen LogP contribution is 2.47. The van der Waals surface area contributed by atoms with Gasteiger partial charge in [0.1, 0.15) is 0 Å². The van der Waals surface area contributed by atoms with Gasteiger partial charge in [0.15, 0.2) is 0 Å². The molecule has 0 N–H and O–H groups in total. The Labute approximate surface area is 130 Å². The zero-order chi connectivity index (χ0) is 15.3. The van der Waals surface area contributed by atoms with Crippen molar-refractivity contribution in [2.45, 2.75) is 52.4 Å². The fraction of sp³-hybridized carbons (Fsp3) is 0.429. The molecule has 0 radical (unpaired) electrons. The van der Waals surface area contributed by atoms with Crippen molar-refractivity contribution in [3.8, 4) is 0 Å². The SMILES string of the molecule is CCCC(C)(C)C(c1ccccc1)C(C)c1ccccc1. The summed E-state index contributed by atoms with van der Waals surface area (Å²) in [5.74, 6) is 1.07. The highest BCUT2D eigenvalue weighted by molar-refractivity contribution is 5.29. The average molecular weight is 280 g/mol. The summed E-state index contributed by atoms with van der Waals surface area (Å²) in [6, 6.07) is 22.0. The van der Waals surface area contributed by atoms with Gasteiger partial charge in [0, 0.05) is 0 Å². The minimum atomic E-state index is 0.297. The standard InChI is InChI=1S/C21H28/c1-5-16-21(3,4)20(19-14-10-7-11-15-19)17(2)18-12-8-6-9-13-18/h6-15,17,20H,5,16H2,1-4H3. The maximum atomic E-state index is 2.42. The fourth-order valence-electron chi connectivity index (χ4n) is 3.83. The Hall–Kier alpha value is -1.56. The van der Waals surface area contributed by atoms with E-state index in [0.717, 1.165) is 0 Å². The first-order chi connectivity index (χ1) is 10.1. The lowest BCUT2D eigenvalue weighted by molar-refractivity contribution is 0.234. The lowest BCUT2D eigenvalue weighted by Gasteiger charge is -2.39. The van der Waals surface area contributed by atoms with Crippen LogP contribution in [-0.4, -0.2) is 0 Å². The van der Waals surface area contributed by atoms with Gasteiger partial charge in [0.25, 0.3) is 0 Å². The van der Waals surface area contributed by atoms with Gasteiger partial charge < -0.3 is 0 Å². The van der Waals surface area contributed by atoms with E-state index in [9.17, 15) is 0 Å². The quantitative estimate of drug-likeness (QED) is 0.574. The van der Waals surface area contributed by atoms with Crippen molar-refractivity contribution in [3.05, 3.63) is 71.8 Å². The lowest BCUT2D eigenvalue weighted by atomic mass is 9.65. The van der Waals surface area contributed by atoms with Crippen LogP contribution in [-0.2, 0) is 0 Å². The van der Waals surface area contributed by atoms with Crippen LogP contribution in [0.5, 0.6) is 0 Å². The van der Waals surface area contributed by atoms with Gasteiger partial charge in [-0.1, -0.05) is 94.8 Å². The number of benzene rings is 2. The van der Waals surface area contributed by atoms with E-state index in [2.05, 4.69) is 88.4 Å². The van der Waals surface area contributed by atoms with Gasteiger partial charge in [-0.3, -0.25) is 0 Å². The summed E-state index contributed by atoms with van der Waals surface area (Å²) >= 11 is 0. The molecule has 0 saturated heterocycles. The predicted octanol–water partition coefficient (Wildman–Crippen LogP) is 6.40. The van der Waals surface area contributed by atoms with Crippen LogP contribution in [0.4, 0.5) is 0 Å². The molecule has 0 heteroatoms. The average Bonchev–Trinajstić information content (AvgIpc) is 2.49. The third-order valence-electron chi connectivity index (χ3n) is 4.72. The summed E-state index contributed by atoms with van der Waals surface area (Å²) in [6.07, 6.45) is 2.49. The molecular weight excluding hydrogens is 252 g/mol. The van der Waals surface area contributed by atoms with Crippen LogP contribution in [0.25, 0.3) is 0 Å². The number of hydrogen-bond acceptors (Lipinski definition) is 0. The monoisotopic (exact) mass is 280 g/mol. The molecule has 2 atom stereocenters. The Morgan fingerprint density at radius 2 is 1.29 bits per heavy atom. The van der Waals surface area contributed by atoms with Crippen LogP contribution in [0.1, 0.15) is 63.5 Å². The summed E-state index contributed by atoms with van der Waals surface area (Å²) in [7, 11) is 0. The first-order valence-corrected chi connectivity index (χ1v) is 8.16. The van der Waals surface area contributed by atoms with E-state index in [0.29, 0.717) is 17.3 Å². The molecule has 0 spiro atoms. The van der Waals surface area contributed by atoms with Gasteiger partial charge in [0.05, 0.1) is 0 Å². The van der Waals surface area contributed by atoms with Gasteiger partial charge in [-0.2, -0.15) is 0 Å². The van der Waals surface area contributed by atoms with E-state index in [4.69, 9.17) is 0 Å². The van der Waals surface area contributed by atoms with Crippen LogP contribution >= 0.6 is 0 Å². The molecule has 0 saturated carbocycles. The van der Waals surface area contributed by atoms with Crippen LogP contribution in [0, 0.1) is 5.41 Å². The topological polar surface area (TPSA) is 0 Å². The molecule has 2 rings (SSSR count). The molecule has 0 aliphatic rings. The summed E-state index contributed by atoms with van der Waals surface area (Å²) in [4.78, 5) is 0. The van der Waals surface area contributed by atoms with E-state index in [1.165, 1.54) is 24.0 Å². The summed E-state index contributed by atoms with van der Waals surface area (Å²) in [5.41, 5.74) is 3.20. The van der Waals surface area contributed by atoms with E-state index >= 15 is 0 Å². The first-order valence-electron chi connectivity index (χ1n) is 8.16. The third-order valence-corrected chi connectivity index (χ3v) is 4.72. The molecule has 0 bridgehead atoms. The molecular formula is C21H28. The van der Waals surface area contributed by atoms with Crippen LogP contribution in [0.15, 0.2) is 60.7 Å². The van der Waals surface area contributed by atoms with Crippen molar-refractivity contribution >= 4 is 0 Å². The minimum absolute atomic E-state index is 0.297. The molecule has 0 amide bonds. The van der Waals surface area contributed by atoms with E-state index in [-0.39, 0.29) is 0 Å². The molecule has 0 aliphatic heterocycles. The first kappa shape index (κ1) is 15.8. The van der Waals surface area contributed by atoms with E-state index in [1.807, 2.05) is 0 Å². The lowest BCUT2D eigenvalue weighted by Crippen LogP contribution is -2.26. The molecule has 2 unspecified atom stereocenters. The molecule has 0 nitrogen and oxygen atoms in total. The molecule has 0 aliphatic carbocycles. The maximum absolute atomic E-state index is 2.42. The van der Waals surface area contributed by atoms with Crippen molar-refractivity contribution in [1.29, 1.82) is 0 Å². The Morgan fingerprint density at radius 3 is 1.76 bits per heavy atom. The second-order valence-corrected chi connectivity index (χ2v) is 6.83. The molecule has 0 heterocycles. The summed E-state index contributed by atoms with van der Waals surface area (Å²) < 4.78 is 0. The maximum Gasteiger partial charge on any atom is -0.00444 e. The smallest absolute Gasteiger partial charge is 0.00444 e. The number of hydrogen-bond donors (Lipinski definition) is 0. The van der Waals surface area contributed by atoms with Crippen molar-refractivity contribution in [2.24, 2.45) is 5.41 Å². The summed E-state index contributed by atoms with van der Waals surface area (Å²) in [6.45, 7) is 9.52. The Kier molecular flexibility index (Phi) is 5.22. The highest BCUT2D eigenvalue weighted by Gasteiger charge is 2.34. The molecule has 2 aromatic rings. The van der Waals surface area contributed by atoms with Crippen LogP contribution in [0.3, 0.4) is 0 Å². The highest BCUT2D eigenvalue weighted by atomic mass is 14.4. The molecule has 21 heavy (non-hydrogen) atoms. The minimum Gasteiger partial charge on any atom is -0.0654 e. The second-order valence-electron chi connectivity index (χ2n) is 6.83. The van der Waals surface area contributed by atoms with E-state index in [1.54, 1.807) is 0 Å². The van der Waals surface area contributed by atoms with E-state index < -0.39 is 0 Å². The van der Waals surface area contributed by atoms with Gasteiger partial charge in [0.2, 0.25) is 0 Å². The second kappa shape index (κ2) is 6.93. The van der Waals surface area contributed by atoms with Gasteiger partial charge in [-0.25, -0.2) is 0 Å². The van der Waals surface area contributed by atoms with Crippen LogP contribution < -0.4 is 0 Å². The molecule has 0 fully saturated rings. The summed E-state index contributed by atoms with van der Waals surface area (Å²) in [5, 5.41) is 0. The van der Waals surface area contributed by atoms with Crippen LogP contribution in [0.2, 0.25) is 0 Å². The van der Waals surface area contributed by atoms with Gasteiger partial charge >= 0.3 is 0 Å². The van der Waals surface area contributed by atoms with Crippen molar-refractivity contribution in [1.82, 2.24) is 0 Å². The predicted molar refractivity (Wildman–Crippen MR) is 92.7 cm³/mol. The zero-order valence-electron chi connectivity index (χ0n) is 13.8. The fourth-order valence-corrected chi connectivity index (χ4v) is 3.83. The number of rotatable bonds is 6. The van der Waals surface area contributed by atoms with Crippen molar-refractivity contribution in [3.63, 3.8) is 0 Å². The zero-order valence-corrected chi connectivity index (χ0v) is 13.8. The largest absolute Gasteiger partial charge is 0.0654 e. The Balaban J connectivity index is 2.41. The molecule has 2 aromatic carbocycles. The van der Waals surface area contributed by atoms with Gasteiger partial charge in [-0.05, 0) is 34.8 Å². The van der Waals surface area contributed by atoms with Crippen molar-refractivity contribution in [2.75, 3.05) is 0 Å². The van der Waals surface area contributed by atoms with Gasteiger partial charge in [-0.15, -0.1) is 0 Å². The Morgan fingerprint density at radius 1 is 0.810 bits per heavy atom. The molecule has 112 valence electrons. The molecule has 0 aromatic heterocycles. The van der Waals surface area contributed by atoms with Crippen molar-refractivity contribution < 1.29 is 0 Å². The Bertz CT molecular complexity index is 524.